The zero-order valence-electron chi connectivity index (χ0n) is 12.6. The van der Waals surface area contributed by atoms with Crippen LogP contribution in [0.5, 0.6) is 5.75 Å². The van der Waals surface area contributed by atoms with Gasteiger partial charge in [-0.15, -0.1) is 0 Å². The maximum absolute atomic E-state index is 11.9. The number of anilines is 1. The number of aliphatic carboxylic acids is 1. The van der Waals surface area contributed by atoms with Crippen LogP contribution in [0.1, 0.15) is 27.2 Å². The van der Waals surface area contributed by atoms with Gasteiger partial charge in [-0.2, -0.15) is 0 Å². The van der Waals surface area contributed by atoms with Crippen molar-refractivity contribution in [2.45, 2.75) is 33.2 Å². The fourth-order valence-corrected chi connectivity index (χ4v) is 1.98. The number of urea groups is 1. The molecular weight excluding hydrogens is 272 g/mol. The van der Waals surface area contributed by atoms with E-state index in [0.717, 1.165) is 6.42 Å². The lowest BCUT2D eigenvalue weighted by Gasteiger charge is -2.17. The van der Waals surface area contributed by atoms with E-state index in [0.29, 0.717) is 17.4 Å². The molecule has 6 heteroatoms. The molecule has 6 nitrogen and oxygen atoms in total. The molecule has 0 radical (unpaired) electrons. The van der Waals surface area contributed by atoms with Gasteiger partial charge in [-0.05, 0) is 31.4 Å². The van der Waals surface area contributed by atoms with E-state index in [1.165, 1.54) is 0 Å². The minimum absolute atomic E-state index is 0.0529. The van der Waals surface area contributed by atoms with Crippen LogP contribution in [0.4, 0.5) is 10.5 Å². The lowest BCUT2D eigenvalue weighted by atomic mass is 10.1. The van der Waals surface area contributed by atoms with E-state index in [-0.39, 0.29) is 12.1 Å². The van der Waals surface area contributed by atoms with Crippen LogP contribution in [0.3, 0.4) is 0 Å². The van der Waals surface area contributed by atoms with Crippen LogP contribution in [0.25, 0.3) is 0 Å². The predicted molar refractivity (Wildman–Crippen MR) is 80.6 cm³/mol. The highest BCUT2D eigenvalue weighted by molar-refractivity contribution is 5.91. The fourth-order valence-electron chi connectivity index (χ4n) is 1.98. The molecule has 0 fully saturated rings. The summed E-state index contributed by atoms with van der Waals surface area (Å²) in [4.78, 5) is 22.4. The number of hydrogen-bond donors (Lipinski definition) is 3. The molecule has 2 amide bonds. The summed E-state index contributed by atoms with van der Waals surface area (Å²) < 4.78 is 5.13. The third-order valence-corrected chi connectivity index (χ3v) is 2.69. The van der Waals surface area contributed by atoms with Gasteiger partial charge in [0.15, 0.2) is 6.61 Å². The number of amides is 2. The SMILES string of the molecule is CC(C)CC(C)NC(=O)Nc1ccccc1OCC(=O)O. The molecule has 0 aliphatic rings. The van der Waals surface area contributed by atoms with Crippen molar-refractivity contribution in [1.29, 1.82) is 0 Å². The highest BCUT2D eigenvalue weighted by Crippen LogP contribution is 2.23. The van der Waals surface area contributed by atoms with E-state index in [9.17, 15) is 9.59 Å². The van der Waals surface area contributed by atoms with Gasteiger partial charge in [-0.3, -0.25) is 0 Å². The molecule has 1 unspecified atom stereocenters. The van der Waals surface area contributed by atoms with E-state index in [4.69, 9.17) is 9.84 Å². The van der Waals surface area contributed by atoms with Crippen molar-refractivity contribution < 1.29 is 19.4 Å². The number of rotatable bonds is 7. The minimum atomic E-state index is -1.07. The van der Waals surface area contributed by atoms with Gasteiger partial charge in [0.1, 0.15) is 5.75 Å². The first-order chi connectivity index (χ1) is 9.88. The molecule has 1 aromatic carbocycles. The van der Waals surface area contributed by atoms with Crippen molar-refractivity contribution in [3.05, 3.63) is 24.3 Å². The monoisotopic (exact) mass is 294 g/mol. The number of hydrogen-bond acceptors (Lipinski definition) is 3. The average molecular weight is 294 g/mol. The van der Waals surface area contributed by atoms with Crippen LogP contribution in [-0.2, 0) is 4.79 Å². The molecule has 21 heavy (non-hydrogen) atoms. The van der Waals surface area contributed by atoms with Gasteiger partial charge < -0.3 is 20.5 Å². The van der Waals surface area contributed by atoms with Crippen LogP contribution in [-0.4, -0.2) is 29.8 Å². The highest BCUT2D eigenvalue weighted by Gasteiger charge is 2.11. The molecule has 116 valence electrons. The van der Waals surface area contributed by atoms with Crippen LogP contribution in [0.15, 0.2) is 24.3 Å². The summed E-state index contributed by atoms with van der Waals surface area (Å²) >= 11 is 0. The third-order valence-electron chi connectivity index (χ3n) is 2.69. The van der Waals surface area contributed by atoms with Crippen molar-refractivity contribution in [3.63, 3.8) is 0 Å². The summed E-state index contributed by atoms with van der Waals surface area (Å²) in [5.41, 5.74) is 0.438. The van der Waals surface area contributed by atoms with E-state index in [1.807, 2.05) is 6.92 Å². The summed E-state index contributed by atoms with van der Waals surface area (Å²) in [6.45, 7) is 5.66. The second kappa shape index (κ2) is 8.14. The quantitative estimate of drug-likeness (QED) is 0.721. The molecule has 0 saturated carbocycles. The molecule has 3 N–H and O–H groups in total. The molecular formula is C15H22N2O4. The van der Waals surface area contributed by atoms with Crippen LogP contribution >= 0.6 is 0 Å². The Morgan fingerprint density at radius 1 is 1.24 bits per heavy atom. The molecule has 0 saturated heterocycles. The van der Waals surface area contributed by atoms with Gasteiger partial charge in [0.05, 0.1) is 5.69 Å². The summed E-state index contributed by atoms with van der Waals surface area (Å²) in [6, 6.07) is 6.43. The van der Waals surface area contributed by atoms with Crippen LogP contribution in [0.2, 0.25) is 0 Å². The Kier molecular flexibility index (Phi) is 6.52. The summed E-state index contributed by atoms with van der Waals surface area (Å²) in [7, 11) is 0. The van der Waals surface area contributed by atoms with Crippen molar-refractivity contribution in [2.75, 3.05) is 11.9 Å². The first-order valence-corrected chi connectivity index (χ1v) is 6.89. The number of para-hydroxylation sites is 2. The van der Waals surface area contributed by atoms with Gasteiger partial charge >= 0.3 is 12.0 Å². The number of carbonyl (C=O) groups excluding carboxylic acids is 1. The van der Waals surface area contributed by atoms with E-state index < -0.39 is 12.6 Å². The smallest absolute Gasteiger partial charge is 0.341 e. The third kappa shape index (κ3) is 6.65. The molecule has 0 spiro atoms. The Balaban J connectivity index is 2.61. The summed E-state index contributed by atoms with van der Waals surface area (Å²) in [5.74, 6) is -0.252. The fraction of sp³-hybridized carbons (Fsp3) is 0.467. The highest BCUT2D eigenvalue weighted by atomic mass is 16.5. The Labute approximate surface area is 124 Å². The van der Waals surface area contributed by atoms with Crippen molar-refractivity contribution in [3.8, 4) is 5.75 Å². The zero-order chi connectivity index (χ0) is 15.8. The number of benzene rings is 1. The van der Waals surface area contributed by atoms with Gasteiger partial charge in [0.25, 0.3) is 0 Å². The predicted octanol–water partition coefficient (Wildman–Crippen LogP) is 2.71. The Morgan fingerprint density at radius 2 is 1.90 bits per heavy atom. The molecule has 1 atom stereocenters. The number of nitrogens with one attached hydrogen (secondary N) is 2. The molecule has 0 aromatic heterocycles. The Bertz CT molecular complexity index is 488. The molecule has 1 rings (SSSR count). The Hall–Kier alpha value is -2.24. The average Bonchev–Trinajstić information content (AvgIpc) is 2.36. The summed E-state index contributed by atoms with van der Waals surface area (Å²) in [6.07, 6.45) is 0.880. The number of ether oxygens (including phenoxy) is 1. The maximum Gasteiger partial charge on any atom is 0.341 e. The van der Waals surface area contributed by atoms with Crippen LogP contribution in [0, 0.1) is 5.92 Å². The van der Waals surface area contributed by atoms with E-state index in [1.54, 1.807) is 24.3 Å². The molecule has 0 aliphatic carbocycles. The zero-order valence-corrected chi connectivity index (χ0v) is 12.6. The first kappa shape index (κ1) is 16.8. The normalized spacial score (nSPS) is 11.8. The minimum Gasteiger partial charge on any atom is -0.480 e. The largest absolute Gasteiger partial charge is 0.480 e. The second-order valence-corrected chi connectivity index (χ2v) is 5.31. The topological polar surface area (TPSA) is 87.7 Å². The van der Waals surface area contributed by atoms with Gasteiger partial charge in [-0.25, -0.2) is 9.59 Å². The molecule has 1 aromatic rings. The van der Waals surface area contributed by atoms with E-state index in [2.05, 4.69) is 24.5 Å². The number of carboxylic acid groups (broad SMARTS) is 1. The van der Waals surface area contributed by atoms with Gasteiger partial charge in [-0.1, -0.05) is 26.0 Å². The maximum atomic E-state index is 11.9. The first-order valence-electron chi connectivity index (χ1n) is 6.89. The van der Waals surface area contributed by atoms with Crippen LogP contribution < -0.4 is 15.4 Å². The van der Waals surface area contributed by atoms with Crippen molar-refractivity contribution >= 4 is 17.7 Å². The molecule has 0 bridgehead atoms. The van der Waals surface area contributed by atoms with Gasteiger partial charge in [0.2, 0.25) is 0 Å². The molecule has 0 heterocycles. The summed E-state index contributed by atoms with van der Waals surface area (Å²) in [5, 5.41) is 14.1. The van der Waals surface area contributed by atoms with Crippen molar-refractivity contribution in [1.82, 2.24) is 5.32 Å². The van der Waals surface area contributed by atoms with E-state index >= 15 is 0 Å². The second-order valence-electron chi connectivity index (χ2n) is 5.31. The Morgan fingerprint density at radius 3 is 2.52 bits per heavy atom. The van der Waals surface area contributed by atoms with Crippen molar-refractivity contribution in [2.24, 2.45) is 5.92 Å². The number of carboxylic acids is 1. The standard InChI is InChI=1S/C15H22N2O4/c1-10(2)8-11(3)16-15(20)17-12-6-4-5-7-13(12)21-9-14(18)19/h4-7,10-11H,8-9H2,1-3H3,(H,18,19)(H2,16,17,20). The lowest BCUT2D eigenvalue weighted by molar-refractivity contribution is -0.139. The number of carbonyl (C=O) groups is 2. The molecule has 0 aliphatic heterocycles. The van der Waals surface area contributed by atoms with Gasteiger partial charge in [0, 0.05) is 6.04 Å². The lowest BCUT2D eigenvalue weighted by Crippen LogP contribution is -2.36.